The molecule has 3 nitrogen and oxygen atoms in total. The first-order chi connectivity index (χ1) is 7.15. The van der Waals surface area contributed by atoms with Crippen molar-refractivity contribution in [3.8, 4) is 0 Å². The zero-order valence-corrected chi connectivity index (χ0v) is 9.92. The van der Waals surface area contributed by atoms with Crippen molar-refractivity contribution in [1.82, 2.24) is 0 Å². The number of hydrogen-bond donors (Lipinski definition) is 1. The fraction of sp³-hybridized carbons (Fsp3) is 0.545. The van der Waals surface area contributed by atoms with Gasteiger partial charge >= 0.3 is 5.97 Å². The highest BCUT2D eigenvalue weighted by Gasteiger charge is 2.20. The van der Waals surface area contributed by atoms with E-state index in [0.29, 0.717) is 6.61 Å². The molecule has 84 valence electrons. The molecule has 15 heavy (non-hydrogen) atoms. The molecule has 1 heterocycles. The van der Waals surface area contributed by atoms with Gasteiger partial charge in [0.05, 0.1) is 0 Å². The van der Waals surface area contributed by atoms with Crippen LogP contribution < -0.4 is 5.73 Å². The Morgan fingerprint density at radius 1 is 1.67 bits per heavy atom. The van der Waals surface area contributed by atoms with E-state index in [4.69, 9.17) is 10.5 Å². The van der Waals surface area contributed by atoms with E-state index < -0.39 is 6.04 Å². The van der Waals surface area contributed by atoms with Gasteiger partial charge in [-0.1, -0.05) is 26.3 Å². The minimum absolute atomic E-state index is 0.167. The van der Waals surface area contributed by atoms with Crippen molar-refractivity contribution in [3.63, 3.8) is 0 Å². The van der Waals surface area contributed by atoms with Crippen LogP contribution in [0.15, 0.2) is 17.5 Å². The van der Waals surface area contributed by atoms with Crippen molar-refractivity contribution in [1.29, 1.82) is 0 Å². The van der Waals surface area contributed by atoms with Crippen LogP contribution >= 0.6 is 11.3 Å². The first-order valence-corrected chi connectivity index (χ1v) is 5.97. The van der Waals surface area contributed by atoms with Gasteiger partial charge in [-0.05, 0) is 17.4 Å². The van der Waals surface area contributed by atoms with Crippen LogP contribution in [-0.4, -0.2) is 12.0 Å². The summed E-state index contributed by atoms with van der Waals surface area (Å²) in [4.78, 5) is 12.5. The second kappa shape index (κ2) is 5.88. The van der Waals surface area contributed by atoms with Crippen molar-refractivity contribution in [2.45, 2.75) is 32.9 Å². The summed E-state index contributed by atoms with van der Waals surface area (Å²) < 4.78 is 5.12. The van der Waals surface area contributed by atoms with Gasteiger partial charge in [0.1, 0.15) is 12.6 Å². The lowest BCUT2D eigenvalue weighted by Gasteiger charge is -2.16. The van der Waals surface area contributed by atoms with E-state index in [0.717, 1.165) is 11.3 Å². The van der Waals surface area contributed by atoms with Crippen LogP contribution in [0.1, 0.15) is 25.1 Å². The molecule has 0 unspecified atom stereocenters. The number of carbonyl (C=O) groups excluding carboxylic acids is 1. The maximum Gasteiger partial charge on any atom is 0.323 e. The van der Waals surface area contributed by atoms with Gasteiger partial charge in [-0.2, -0.15) is 0 Å². The van der Waals surface area contributed by atoms with Gasteiger partial charge in [0.15, 0.2) is 0 Å². The third kappa shape index (κ3) is 3.64. The fourth-order valence-electron chi connectivity index (χ4n) is 1.12. The van der Waals surface area contributed by atoms with Gasteiger partial charge in [-0.3, -0.25) is 4.79 Å². The molecule has 0 amide bonds. The molecule has 0 aliphatic carbocycles. The van der Waals surface area contributed by atoms with Crippen LogP contribution in [0.4, 0.5) is 0 Å². The third-order valence-corrected chi connectivity index (χ3v) is 3.32. The van der Waals surface area contributed by atoms with E-state index in [1.54, 1.807) is 11.3 Å². The number of esters is 1. The minimum atomic E-state index is -0.505. The predicted octanol–water partition coefficient (Wildman–Crippen LogP) is 2.16. The average Bonchev–Trinajstić information content (AvgIpc) is 2.76. The Labute approximate surface area is 94.2 Å². The average molecular weight is 227 g/mol. The topological polar surface area (TPSA) is 52.3 Å². The van der Waals surface area contributed by atoms with Crippen molar-refractivity contribution in [2.24, 2.45) is 11.7 Å². The molecule has 1 aromatic heterocycles. The van der Waals surface area contributed by atoms with Crippen LogP contribution in [0, 0.1) is 5.92 Å². The molecule has 0 saturated carbocycles. The zero-order chi connectivity index (χ0) is 11.3. The lowest BCUT2D eigenvalue weighted by Crippen LogP contribution is -2.37. The van der Waals surface area contributed by atoms with Gasteiger partial charge in [0.25, 0.3) is 0 Å². The normalized spacial score (nSPS) is 14.6. The van der Waals surface area contributed by atoms with Crippen LogP contribution in [0.2, 0.25) is 0 Å². The van der Waals surface area contributed by atoms with Crippen LogP contribution in [0.3, 0.4) is 0 Å². The van der Waals surface area contributed by atoms with E-state index in [-0.39, 0.29) is 11.9 Å². The molecule has 2 atom stereocenters. The quantitative estimate of drug-likeness (QED) is 0.784. The summed E-state index contributed by atoms with van der Waals surface area (Å²) in [5.41, 5.74) is 5.74. The lowest BCUT2D eigenvalue weighted by atomic mass is 10.0. The SMILES string of the molecule is CC[C@H](C)[C@H](N)C(=O)OCc1cccs1. The summed E-state index contributed by atoms with van der Waals surface area (Å²) in [5, 5.41) is 1.96. The Balaban J connectivity index is 2.36. The molecule has 0 aliphatic rings. The second-order valence-corrected chi connectivity index (χ2v) is 4.63. The first-order valence-electron chi connectivity index (χ1n) is 5.09. The summed E-state index contributed by atoms with van der Waals surface area (Å²) >= 11 is 1.57. The number of carbonyl (C=O) groups is 1. The minimum Gasteiger partial charge on any atom is -0.459 e. The van der Waals surface area contributed by atoms with Crippen LogP contribution in [0.5, 0.6) is 0 Å². The molecular weight excluding hydrogens is 210 g/mol. The number of hydrogen-bond acceptors (Lipinski definition) is 4. The molecule has 0 bridgehead atoms. The summed E-state index contributed by atoms with van der Waals surface area (Å²) in [6.45, 7) is 4.30. The van der Waals surface area contributed by atoms with Crippen molar-refractivity contribution in [2.75, 3.05) is 0 Å². The summed E-state index contributed by atoms with van der Waals surface area (Å²) in [7, 11) is 0. The standard InChI is InChI=1S/C11H17NO2S/c1-3-8(2)10(12)11(13)14-7-9-5-4-6-15-9/h4-6,8,10H,3,7,12H2,1-2H3/t8-,10-/m0/s1. The maximum absolute atomic E-state index is 11.5. The lowest BCUT2D eigenvalue weighted by molar-refractivity contribution is -0.147. The van der Waals surface area contributed by atoms with Gasteiger partial charge in [0.2, 0.25) is 0 Å². The molecule has 1 rings (SSSR count). The van der Waals surface area contributed by atoms with Crippen molar-refractivity contribution >= 4 is 17.3 Å². The second-order valence-electron chi connectivity index (χ2n) is 3.60. The summed E-state index contributed by atoms with van der Waals surface area (Å²) in [5.74, 6) is -0.140. The largest absolute Gasteiger partial charge is 0.459 e. The van der Waals surface area contributed by atoms with Crippen LogP contribution in [0.25, 0.3) is 0 Å². The molecule has 0 aliphatic heterocycles. The molecule has 0 aromatic carbocycles. The summed E-state index contributed by atoms with van der Waals surface area (Å²) in [6, 6.07) is 3.37. The number of ether oxygens (including phenoxy) is 1. The van der Waals surface area contributed by atoms with Gasteiger partial charge in [-0.15, -0.1) is 11.3 Å². The Hall–Kier alpha value is -0.870. The monoisotopic (exact) mass is 227 g/mol. The number of thiophene rings is 1. The Morgan fingerprint density at radius 3 is 2.93 bits per heavy atom. The van der Waals surface area contributed by atoms with Gasteiger partial charge in [-0.25, -0.2) is 0 Å². The Morgan fingerprint density at radius 2 is 2.40 bits per heavy atom. The van der Waals surface area contributed by atoms with E-state index in [2.05, 4.69) is 0 Å². The van der Waals surface area contributed by atoms with Gasteiger partial charge < -0.3 is 10.5 Å². The smallest absolute Gasteiger partial charge is 0.323 e. The van der Waals surface area contributed by atoms with E-state index in [1.165, 1.54) is 0 Å². The third-order valence-electron chi connectivity index (χ3n) is 2.47. The number of rotatable bonds is 5. The maximum atomic E-state index is 11.5. The highest BCUT2D eigenvalue weighted by atomic mass is 32.1. The molecular formula is C11H17NO2S. The Bertz CT molecular complexity index is 298. The molecule has 2 N–H and O–H groups in total. The summed E-state index contributed by atoms with van der Waals surface area (Å²) in [6.07, 6.45) is 0.884. The molecule has 4 heteroatoms. The van der Waals surface area contributed by atoms with E-state index in [9.17, 15) is 4.79 Å². The predicted molar refractivity (Wildman–Crippen MR) is 61.5 cm³/mol. The first kappa shape index (κ1) is 12.2. The van der Waals surface area contributed by atoms with Gasteiger partial charge in [0, 0.05) is 4.88 Å². The fourth-order valence-corrected chi connectivity index (χ4v) is 1.74. The highest BCUT2D eigenvalue weighted by molar-refractivity contribution is 7.09. The van der Waals surface area contributed by atoms with Crippen LogP contribution in [-0.2, 0) is 16.1 Å². The molecule has 0 spiro atoms. The molecule has 0 fully saturated rings. The molecule has 0 radical (unpaired) electrons. The molecule has 0 saturated heterocycles. The zero-order valence-electron chi connectivity index (χ0n) is 9.10. The Kier molecular flexibility index (Phi) is 4.78. The number of nitrogens with two attached hydrogens (primary N) is 1. The van der Waals surface area contributed by atoms with E-state index >= 15 is 0 Å². The highest BCUT2D eigenvalue weighted by Crippen LogP contribution is 2.12. The van der Waals surface area contributed by atoms with Crippen molar-refractivity contribution < 1.29 is 9.53 Å². The van der Waals surface area contributed by atoms with Crippen molar-refractivity contribution in [3.05, 3.63) is 22.4 Å². The van der Waals surface area contributed by atoms with E-state index in [1.807, 2.05) is 31.4 Å². The molecule has 1 aromatic rings.